The zero-order valence-corrected chi connectivity index (χ0v) is 16.9. The lowest BCUT2D eigenvalue weighted by Gasteiger charge is -2.38. The zero-order chi connectivity index (χ0) is 19.1. The SMILES string of the molecule is COc1cc([C@H]2Nc3c(Cl)cc(Cl)cc3[C@H]3C=CC[C@@H]32)cc(OC)c1OC. The largest absolute Gasteiger partial charge is 0.493 e. The van der Waals surface area contributed by atoms with Crippen molar-refractivity contribution >= 4 is 28.9 Å². The number of allylic oxidation sites excluding steroid dienone is 2. The average Bonchev–Trinajstić information content (AvgIpc) is 3.16. The van der Waals surface area contributed by atoms with E-state index in [2.05, 4.69) is 17.5 Å². The maximum Gasteiger partial charge on any atom is 0.203 e. The van der Waals surface area contributed by atoms with E-state index in [1.54, 1.807) is 27.4 Å². The summed E-state index contributed by atoms with van der Waals surface area (Å²) in [5.41, 5.74) is 3.16. The molecule has 2 aliphatic rings. The first kappa shape index (κ1) is 18.3. The molecule has 4 nitrogen and oxygen atoms in total. The summed E-state index contributed by atoms with van der Waals surface area (Å²) in [7, 11) is 4.86. The maximum absolute atomic E-state index is 6.51. The van der Waals surface area contributed by atoms with E-state index in [1.165, 1.54) is 0 Å². The van der Waals surface area contributed by atoms with Crippen LogP contribution in [0.3, 0.4) is 0 Å². The molecule has 4 rings (SSSR count). The molecule has 2 aromatic carbocycles. The van der Waals surface area contributed by atoms with E-state index < -0.39 is 0 Å². The molecule has 0 fully saturated rings. The molecule has 0 aromatic heterocycles. The first-order chi connectivity index (χ1) is 13.1. The van der Waals surface area contributed by atoms with Crippen molar-refractivity contribution in [2.24, 2.45) is 5.92 Å². The maximum atomic E-state index is 6.51. The number of hydrogen-bond donors (Lipinski definition) is 1. The molecular formula is C21H21Cl2NO3. The zero-order valence-electron chi connectivity index (χ0n) is 15.4. The van der Waals surface area contributed by atoms with Crippen LogP contribution in [-0.4, -0.2) is 21.3 Å². The van der Waals surface area contributed by atoms with Gasteiger partial charge in [-0.15, -0.1) is 0 Å². The third-order valence-corrected chi connectivity index (χ3v) is 5.95. The van der Waals surface area contributed by atoms with Crippen LogP contribution >= 0.6 is 23.2 Å². The Morgan fingerprint density at radius 2 is 1.67 bits per heavy atom. The van der Waals surface area contributed by atoms with Crippen LogP contribution < -0.4 is 19.5 Å². The second-order valence-electron chi connectivity index (χ2n) is 6.79. The monoisotopic (exact) mass is 405 g/mol. The predicted molar refractivity (Wildman–Crippen MR) is 109 cm³/mol. The smallest absolute Gasteiger partial charge is 0.203 e. The highest BCUT2D eigenvalue weighted by Gasteiger charge is 2.39. The van der Waals surface area contributed by atoms with Crippen molar-refractivity contribution in [3.05, 3.63) is 57.6 Å². The first-order valence-corrected chi connectivity index (χ1v) is 9.55. The number of methoxy groups -OCH3 is 3. The number of hydrogen-bond acceptors (Lipinski definition) is 4. The number of nitrogens with one attached hydrogen (secondary N) is 1. The molecule has 2 aromatic rings. The average molecular weight is 406 g/mol. The minimum absolute atomic E-state index is 0.0601. The van der Waals surface area contributed by atoms with Crippen molar-refractivity contribution in [3.8, 4) is 17.2 Å². The van der Waals surface area contributed by atoms with Crippen molar-refractivity contribution in [3.63, 3.8) is 0 Å². The third kappa shape index (κ3) is 3.01. The number of ether oxygens (including phenoxy) is 3. The number of rotatable bonds is 4. The molecule has 0 amide bonds. The molecule has 142 valence electrons. The molecule has 0 radical (unpaired) electrons. The van der Waals surface area contributed by atoms with E-state index in [1.807, 2.05) is 18.2 Å². The van der Waals surface area contributed by atoms with Crippen LogP contribution in [0.15, 0.2) is 36.4 Å². The van der Waals surface area contributed by atoms with Crippen molar-refractivity contribution in [1.29, 1.82) is 0 Å². The Balaban J connectivity index is 1.83. The van der Waals surface area contributed by atoms with Crippen LogP contribution in [-0.2, 0) is 0 Å². The summed E-state index contributed by atoms with van der Waals surface area (Å²) in [5.74, 6) is 2.50. The van der Waals surface area contributed by atoms with Crippen molar-refractivity contribution in [2.75, 3.05) is 26.6 Å². The van der Waals surface area contributed by atoms with E-state index in [0.29, 0.717) is 33.2 Å². The fraction of sp³-hybridized carbons (Fsp3) is 0.333. The summed E-state index contributed by atoms with van der Waals surface area (Å²) >= 11 is 12.8. The van der Waals surface area contributed by atoms with Gasteiger partial charge in [0.1, 0.15) is 0 Å². The lowest BCUT2D eigenvalue weighted by Crippen LogP contribution is -2.29. The Bertz CT molecular complexity index is 888. The van der Waals surface area contributed by atoms with E-state index in [-0.39, 0.29) is 12.0 Å². The fourth-order valence-electron chi connectivity index (χ4n) is 4.23. The van der Waals surface area contributed by atoms with E-state index in [9.17, 15) is 0 Å². The van der Waals surface area contributed by atoms with Crippen molar-refractivity contribution in [2.45, 2.75) is 18.4 Å². The molecule has 0 saturated heterocycles. The molecule has 0 saturated carbocycles. The molecule has 6 heteroatoms. The molecule has 0 bridgehead atoms. The van der Waals surface area contributed by atoms with E-state index in [4.69, 9.17) is 37.4 Å². The van der Waals surface area contributed by atoms with Crippen LogP contribution in [0, 0.1) is 5.92 Å². The fourth-order valence-corrected chi connectivity index (χ4v) is 4.80. The minimum atomic E-state index is 0.0601. The molecule has 0 spiro atoms. The highest BCUT2D eigenvalue weighted by molar-refractivity contribution is 6.36. The van der Waals surface area contributed by atoms with Gasteiger partial charge in [-0.25, -0.2) is 0 Å². The van der Waals surface area contributed by atoms with Gasteiger partial charge in [-0.2, -0.15) is 0 Å². The van der Waals surface area contributed by atoms with Gasteiger partial charge in [0.15, 0.2) is 11.5 Å². The normalized spacial score (nSPS) is 22.6. The highest BCUT2D eigenvalue weighted by atomic mass is 35.5. The molecule has 3 atom stereocenters. The van der Waals surface area contributed by atoms with Crippen LogP contribution in [0.25, 0.3) is 0 Å². The van der Waals surface area contributed by atoms with Gasteiger partial charge in [-0.3, -0.25) is 0 Å². The molecule has 27 heavy (non-hydrogen) atoms. The molecular weight excluding hydrogens is 385 g/mol. The first-order valence-electron chi connectivity index (χ1n) is 8.79. The summed E-state index contributed by atoms with van der Waals surface area (Å²) in [5, 5.41) is 4.93. The predicted octanol–water partition coefficient (Wildman–Crippen LogP) is 5.85. The van der Waals surface area contributed by atoms with E-state index in [0.717, 1.165) is 23.2 Å². The van der Waals surface area contributed by atoms with E-state index >= 15 is 0 Å². The topological polar surface area (TPSA) is 39.7 Å². The van der Waals surface area contributed by atoms with Gasteiger partial charge in [0, 0.05) is 10.9 Å². The molecule has 1 N–H and O–H groups in total. The van der Waals surface area contributed by atoms with Gasteiger partial charge in [0.2, 0.25) is 5.75 Å². The van der Waals surface area contributed by atoms with Gasteiger partial charge in [0.25, 0.3) is 0 Å². The standard InChI is InChI=1S/C21H21Cl2NO3/c1-25-17-7-11(8-18(26-2)21(17)27-3)19-14-6-4-5-13(14)15-9-12(22)10-16(23)20(15)24-19/h4-5,7-10,13-14,19,24H,6H2,1-3H3/t13-,14-,19+/m0/s1. The molecule has 1 aliphatic heterocycles. The lowest BCUT2D eigenvalue weighted by molar-refractivity contribution is 0.322. The Labute approximate surface area is 169 Å². The summed E-state index contributed by atoms with van der Waals surface area (Å²) in [6.45, 7) is 0. The van der Waals surface area contributed by atoms with Crippen LogP contribution in [0.5, 0.6) is 17.2 Å². The van der Waals surface area contributed by atoms with Gasteiger partial charge in [-0.05, 0) is 47.7 Å². The Kier molecular flexibility index (Phi) is 4.87. The Morgan fingerprint density at radius 1 is 0.963 bits per heavy atom. The Hall–Kier alpha value is -2.04. The van der Waals surface area contributed by atoms with Gasteiger partial charge < -0.3 is 19.5 Å². The number of fused-ring (bicyclic) bond motifs is 3. The van der Waals surface area contributed by atoms with Crippen LogP contribution in [0.2, 0.25) is 10.0 Å². The second kappa shape index (κ2) is 7.17. The molecule has 1 aliphatic carbocycles. The summed E-state index contributed by atoms with van der Waals surface area (Å²) in [4.78, 5) is 0. The van der Waals surface area contributed by atoms with Crippen molar-refractivity contribution in [1.82, 2.24) is 0 Å². The van der Waals surface area contributed by atoms with Gasteiger partial charge in [-0.1, -0.05) is 35.4 Å². The minimum Gasteiger partial charge on any atom is -0.493 e. The quantitative estimate of drug-likeness (QED) is 0.647. The second-order valence-corrected chi connectivity index (χ2v) is 7.63. The molecule has 1 heterocycles. The lowest BCUT2D eigenvalue weighted by atomic mass is 9.77. The van der Waals surface area contributed by atoms with Gasteiger partial charge in [0.05, 0.1) is 38.1 Å². The van der Waals surface area contributed by atoms with Crippen LogP contribution in [0.1, 0.15) is 29.5 Å². The molecule has 0 unspecified atom stereocenters. The summed E-state index contributed by atoms with van der Waals surface area (Å²) in [6, 6.07) is 7.85. The number of anilines is 1. The summed E-state index contributed by atoms with van der Waals surface area (Å²) < 4.78 is 16.5. The Morgan fingerprint density at radius 3 is 2.30 bits per heavy atom. The highest BCUT2D eigenvalue weighted by Crippen LogP contribution is 2.53. The van der Waals surface area contributed by atoms with Crippen molar-refractivity contribution < 1.29 is 14.2 Å². The third-order valence-electron chi connectivity index (χ3n) is 5.43. The summed E-state index contributed by atoms with van der Waals surface area (Å²) in [6.07, 6.45) is 5.45. The number of halogens is 2. The van der Waals surface area contributed by atoms with Crippen LogP contribution in [0.4, 0.5) is 5.69 Å². The number of benzene rings is 2. The van der Waals surface area contributed by atoms with Gasteiger partial charge >= 0.3 is 0 Å².